The van der Waals surface area contributed by atoms with Crippen LogP contribution in [0.15, 0.2) is 6.20 Å². The van der Waals surface area contributed by atoms with Crippen LogP contribution in [0.1, 0.15) is 23.2 Å². The monoisotopic (exact) mass is 260 g/mol. The topological polar surface area (TPSA) is 38.9 Å². The molecule has 0 fully saturated rings. The number of nitrogens with two attached hydrogens (primary N) is 1. The summed E-state index contributed by atoms with van der Waals surface area (Å²) in [4.78, 5) is 3.00. The van der Waals surface area contributed by atoms with Crippen LogP contribution in [0, 0.1) is 0 Å². The lowest BCUT2D eigenvalue weighted by molar-refractivity contribution is -0.140. The summed E-state index contributed by atoms with van der Waals surface area (Å²) < 4.78 is 62.4. The predicted molar refractivity (Wildman–Crippen MR) is 47.1 cm³/mol. The average molecular weight is 261 g/mol. The summed E-state index contributed by atoms with van der Waals surface area (Å²) in [5.74, 6) is 0. The fourth-order valence-corrected chi connectivity index (χ4v) is 1.44. The Morgan fingerprint density at radius 1 is 1.38 bits per heavy atom. The van der Waals surface area contributed by atoms with E-state index in [0.717, 1.165) is 6.20 Å². The van der Waals surface area contributed by atoms with Gasteiger partial charge in [0.15, 0.2) is 0 Å². The highest BCUT2D eigenvalue weighted by Gasteiger charge is 2.39. The minimum Gasteiger partial charge on any atom is -0.326 e. The van der Waals surface area contributed by atoms with Crippen LogP contribution in [0.4, 0.5) is 22.0 Å². The smallest absolute Gasteiger partial charge is 0.326 e. The van der Waals surface area contributed by atoms with E-state index in [0.29, 0.717) is 0 Å². The molecule has 90 valence electrons. The lowest BCUT2D eigenvalue weighted by Gasteiger charge is -2.16. The third kappa shape index (κ3) is 2.41. The molecule has 0 aromatic carbocycles. The summed E-state index contributed by atoms with van der Waals surface area (Å²) >= 11 is 5.42. The molecule has 0 unspecified atom stereocenters. The van der Waals surface area contributed by atoms with E-state index in [1.165, 1.54) is 0 Å². The quantitative estimate of drug-likeness (QED) is 0.830. The van der Waals surface area contributed by atoms with Gasteiger partial charge in [-0.15, -0.1) is 0 Å². The third-order valence-corrected chi connectivity index (χ3v) is 2.18. The van der Waals surface area contributed by atoms with Gasteiger partial charge >= 0.3 is 6.18 Å². The summed E-state index contributed by atoms with van der Waals surface area (Å²) in [6.45, 7) is -0.587. The largest absolute Gasteiger partial charge is 0.418 e. The van der Waals surface area contributed by atoms with Crippen LogP contribution in [0.3, 0.4) is 0 Å². The number of rotatable bonds is 2. The molecule has 0 spiro atoms. The van der Waals surface area contributed by atoms with Gasteiger partial charge in [0.25, 0.3) is 6.43 Å². The first-order valence-electron chi connectivity index (χ1n) is 4.01. The Morgan fingerprint density at radius 3 is 2.31 bits per heavy atom. The fraction of sp³-hybridized carbons (Fsp3) is 0.375. The van der Waals surface area contributed by atoms with E-state index in [1.54, 1.807) is 0 Å². The first-order chi connectivity index (χ1) is 7.29. The zero-order valence-corrected chi connectivity index (χ0v) is 8.41. The van der Waals surface area contributed by atoms with E-state index in [2.05, 4.69) is 4.98 Å². The van der Waals surface area contributed by atoms with Crippen LogP contribution in [-0.4, -0.2) is 4.98 Å². The van der Waals surface area contributed by atoms with Crippen molar-refractivity contribution in [1.29, 1.82) is 0 Å². The van der Waals surface area contributed by atoms with Crippen molar-refractivity contribution >= 4 is 11.6 Å². The normalized spacial score (nSPS) is 12.2. The van der Waals surface area contributed by atoms with Gasteiger partial charge in [0.2, 0.25) is 0 Å². The molecule has 0 aliphatic carbocycles. The SMILES string of the molecule is NCc1c(Cl)cnc(C(F)F)c1C(F)(F)F. The second-order valence-electron chi connectivity index (χ2n) is 2.85. The van der Waals surface area contributed by atoms with E-state index in [1.807, 2.05) is 0 Å². The van der Waals surface area contributed by atoms with Crippen LogP contribution in [0.25, 0.3) is 0 Å². The minimum atomic E-state index is -4.96. The molecule has 0 amide bonds. The van der Waals surface area contributed by atoms with Crippen molar-refractivity contribution in [2.24, 2.45) is 5.73 Å². The van der Waals surface area contributed by atoms with E-state index >= 15 is 0 Å². The van der Waals surface area contributed by atoms with Crippen molar-refractivity contribution in [2.45, 2.75) is 19.1 Å². The summed E-state index contributed by atoms with van der Waals surface area (Å²) in [7, 11) is 0. The van der Waals surface area contributed by atoms with Gasteiger partial charge in [-0.25, -0.2) is 8.78 Å². The number of halogens is 6. The van der Waals surface area contributed by atoms with Crippen molar-refractivity contribution < 1.29 is 22.0 Å². The Bertz CT molecular complexity index is 391. The van der Waals surface area contributed by atoms with Crippen LogP contribution < -0.4 is 5.73 Å². The first kappa shape index (κ1) is 13.1. The van der Waals surface area contributed by atoms with Crippen molar-refractivity contribution in [3.05, 3.63) is 28.0 Å². The van der Waals surface area contributed by atoms with Crippen LogP contribution in [0.5, 0.6) is 0 Å². The van der Waals surface area contributed by atoms with Gasteiger partial charge in [-0.1, -0.05) is 11.6 Å². The second kappa shape index (κ2) is 4.50. The van der Waals surface area contributed by atoms with Crippen LogP contribution in [-0.2, 0) is 12.7 Å². The van der Waals surface area contributed by atoms with E-state index in [4.69, 9.17) is 17.3 Å². The van der Waals surface area contributed by atoms with Gasteiger partial charge in [-0.3, -0.25) is 4.98 Å². The molecule has 0 saturated carbocycles. The van der Waals surface area contributed by atoms with Gasteiger partial charge in [-0.2, -0.15) is 13.2 Å². The third-order valence-electron chi connectivity index (χ3n) is 1.86. The lowest BCUT2D eigenvalue weighted by Crippen LogP contribution is -2.17. The lowest BCUT2D eigenvalue weighted by atomic mass is 10.1. The van der Waals surface area contributed by atoms with E-state index in [-0.39, 0.29) is 5.02 Å². The minimum absolute atomic E-state index is 0.376. The number of nitrogens with zero attached hydrogens (tertiary/aromatic N) is 1. The van der Waals surface area contributed by atoms with Crippen molar-refractivity contribution in [1.82, 2.24) is 4.98 Å². The van der Waals surface area contributed by atoms with Gasteiger partial charge in [0, 0.05) is 18.3 Å². The Labute approximate surface area is 92.2 Å². The van der Waals surface area contributed by atoms with Crippen LogP contribution >= 0.6 is 11.6 Å². The number of alkyl halides is 5. The molecule has 2 N–H and O–H groups in total. The molecule has 0 aliphatic rings. The summed E-state index contributed by atoms with van der Waals surface area (Å²) in [5.41, 5.74) is 1.60. The summed E-state index contributed by atoms with van der Waals surface area (Å²) in [6.07, 6.45) is -7.56. The molecule has 0 radical (unpaired) electrons. The molecule has 1 aromatic heterocycles. The van der Waals surface area contributed by atoms with Crippen molar-refractivity contribution in [2.75, 3.05) is 0 Å². The first-order valence-corrected chi connectivity index (χ1v) is 4.39. The molecular formula is C8H6ClF5N2. The van der Waals surface area contributed by atoms with E-state index < -0.39 is 36.0 Å². The molecule has 0 saturated heterocycles. The second-order valence-corrected chi connectivity index (χ2v) is 3.25. The average Bonchev–Trinajstić information content (AvgIpc) is 2.15. The van der Waals surface area contributed by atoms with E-state index in [9.17, 15) is 22.0 Å². The van der Waals surface area contributed by atoms with Crippen LogP contribution in [0.2, 0.25) is 5.02 Å². The number of pyridine rings is 1. The van der Waals surface area contributed by atoms with Crippen molar-refractivity contribution in [3.63, 3.8) is 0 Å². The standard InChI is InChI=1S/C8H6ClF5N2/c9-4-2-16-6(7(10)11)5(3(4)1-15)8(12,13)14/h2,7H,1,15H2. The maximum absolute atomic E-state index is 12.5. The highest BCUT2D eigenvalue weighted by atomic mass is 35.5. The maximum atomic E-state index is 12.5. The highest BCUT2D eigenvalue weighted by molar-refractivity contribution is 6.31. The molecule has 0 atom stereocenters. The summed E-state index contributed by atoms with van der Waals surface area (Å²) in [6, 6.07) is 0. The molecule has 1 aromatic rings. The Kier molecular flexibility index (Phi) is 3.69. The molecule has 1 rings (SSSR count). The Hall–Kier alpha value is -0.950. The van der Waals surface area contributed by atoms with Gasteiger partial charge in [-0.05, 0) is 0 Å². The zero-order chi connectivity index (χ0) is 12.5. The number of aromatic nitrogens is 1. The zero-order valence-electron chi connectivity index (χ0n) is 7.65. The number of hydrogen-bond donors (Lipinski definition) is 1. The predicted octanol–water partition coefficient (Wildman–Crippen LogP) is 3.15. The molecule has 2 nitrogen and oxygen atoms in total. The van der Waals surface area contributed by atoms with Gasteiger partial charge in [0.05, 0.1) is 10.6 Å². The molecule has 0 bridgehead atoms. The van der Waals surface area contributed by atoms with Crippen molar-refractivity contribution in [3.8, 4) is 0 Å². The molecule has 0 aliphatic heterocycles. The Balaban J connectivity index is 3.54. The molecule has 1 heterocycles. The summed E-state index contributed by atoms with van der Waals surface area (Å²) in [5, 5.41) is -0.376. The fourth-order valence-electron chi connectivity index (χ4n) is 1.22. The molecule has 16 heavy (non-hydrogen) atoms. The molecular weight excluding hydrogens is 255 g/mol. The number of hydrogen-bond acceptors (Lipinski definition) is 2. The molecule has 8 heteroatoms. The highest BCUT2D eigenvalue weighted by Crippen LogP contribution is 2.39. The Morgan fingerprint density at radius 2 is 1.94 bits per heavy atom. The maximum Gasteiger partial charge on any atom is 0.418 e. The van der Waals surface area contributed by atoms with Gasteiger partial charge in [0.1, 0.15) is 5.69 Å². The van der Waals surface area contributed by atoms with Gasteiger partial charge < -0.3 is 5.73 Å².